The summed E-state index contributed by atoms with van der Waals surface area (Å²) in [6.07, 6.45) is 0.0868. The standard InChI is InChI=1S/C9H9FO2/c1-5(2)11-7-4-3-6(10)8-9(7)12-8/h3-5H,1-2H3. The molecule has 0 amide bonds. The van der Waals surface area contributed by atoms with Crippen molar-refractivity contribution in [2.24, 2.45) is 0 Å². The first-order valence-corrected chi connectivity index (χ1v) is 3.85. The fourth-order valence-electron chi connectivity index (χ4n) is 1.04. The van der Waals surface area contributed by atoms with Crippen LogP contribution >= 0.6 is 0 Å². The molecule has 0 fully saturated rings. The molecule has 0 aromatic heterocycles. The third-order valence-electron chi connectivity index (χ3n) is 1.55. The van der Waals surface area contributed by atoms with Crippen LogP contribution in [-0.2, 0) is 0 Å². The molecule has 0 saturated heterocycles. The summed E-state index contributed by atoms with van der Waals surface area (Å²) in [5, 5.41) is 0. The molecule has 1 aromatic rings. The van der Waals surface area contributed by atoms with E-state index < -0.39 is 0 Å². The van der Waals surface area contributed by atoms with Crippen molar-refractivity contribution >= 4 is 0 Å². The third-order valence-corrected chi connectivity index (χ3v) is 1.55. The SMILES string of the molecule is CC(C)Oc1ccc(F)c2c1O2. The van der Waals surface area contributed by atoms with E-state index in [-0.39, 0.29) is 11.9 Å². The average molecular weight is 168 g/mol. The summed E-state index contributed by atoms with van der Waals surface area (Å²) >= 11 is 0. The zero-order valence-corrected chi connectivity index (χ0v) is 6.93. The van der Waals surface area contributed by atoms with Crippen LogP contribution in [0.3, 0.4) is 0 Å². The van der Waals surface area contributed by atoms with Crippen LogP contribution < -0.4 is 9.47 Å². The number of ether oxygens (including phenoxy) is 2. The number of hydrogen-bond acceptors (Lipinski definition) is 2. The molecule has 0 saturated carbocycles. The minimum atomic E-state index is -0.318. The van der Waals surface area contributed by atoms with E-state index in [4.69, 9.17) is 9.47 Å². The highest BCUT2D eigenvalue weighted by Crippen LogP contribution is 2.54. The lowest BCUT2D eigenvalue weighted by Crippen LogP contribution is -2.04. The van der Waals surface area contributed by atoms with Crippen molar-refractivity contribution in [3.8, 4) is 17.2 Å². The fraction of sp³-hybridized carbons (Fsp3) is 0.333. The average Bonchev–Trinajstić information content (AvgIpc) is 2.73. The molecule has 0 radical (unpaired) electrons. The van der Waals surface area contributed by atoms with Gasteiger partial charge in [-0.2, -0.15) is 0 Å². The van der Waals surface area contributed by atoms with Crippen LogP contribution in [0.25, 0.3) is 0 Å². The molecule has 64 valence electrons. The monoisotopic (exact) mass is 168 g/mol. The maximum atomic E-state index is 12.7. The van der Waals surface area contributed by atoms with Gasteiger partial charge in [0.05, 0.1) is 6.10 Å². The Labute approximate surface area is 69.9 Å². The van der Waals surface area contributed by atoms with Gasteiger partial charge in [-0.1, -0.05) is 0 Å². The molecule has 2 rings (SSSR count). The summed E-state index contributed by atoms with van der Waals surface area (Å²) in [5.74, 6) is 1.18. The summed E-state index contributed by atoms with van der Waals surface area (Å²) in [6.45, 7) is 3.83. The van der Waals surface area contributed by atoms with E-state index >= 15 is 0 Å². The van der Waals surface area contributed by atoms with Crippen LogP contribution in [0.5, 0.6) is 17.2 Å². The van der Waals surface area contributed by atoms with Gasteiger partial charge in [-0.05, 0) is 26.0 Å². The lowest BCUT2D eigenvalue weighted by molar-refractivity contribution is 0.240. The van der Waals surface area contributed by atoms with Gasteiger partial charge in [0.1, 0.15) is 0 Å². The van der Waals surface area contributed by atoms with E-state index in [2.05, 4.69) is 0 Å². The lowest BCUT2D eigenvalue weighted by atomic mass is 10.3. The van der Waals surface area contributed by atoms with Gasteiger partial charge < -0.3 is 9.47 Å². The fourth-order valence-corrected chi connectivity index (χ4v) is 1.04. The molecule has 1 aliphatic rings. The van der Waals surface area contributed by atoms with Crippen molar-refractivity contribution in [1.29, 1.82) is 0 Å². The molecule has 0 aliphatic carbocycles. The van der Waals surface area contributed by atoms with Gasteiger partial charge in [-0.25, -0.2) is 4.39 Å². The zero-order chi connectivity index (χ0) is 8.72. The van der Waals surface area contributed by atoms with E-state index in [0.717, 1.165) is 0 Å². The highest BCUT2D eigenvalue weighted by molar-refractivity contribution is 5.63. The second-order valence-electron chi connectivity index (χ2n) is 2.97. The first kappa shape index (κ1) is 7.40. The quantitative estimate of drug-likeness (QED) is 0.643. The Kier molecular flexibility index (Phi) is 1.46. The highest BCUT2D eigenvalue weighted by atomic mass is 19.1. The van der Waals surface area contributed by atoms with Crippen molar-refractivity contribution in [3.63, 3.8) is 0 Å². The topological polar surface area (TPSA) is 21.8 Å². The normalized spacial score (nSPS) is 12.3. The summed E-state index contributed by atoms with van der Waals surface area (Å²) < 4.78 is 23.0. The van der Waals surface area contributed by atoms with Crippen molar-refractivity contribution in [2.45, 2.75) is 20.0 Å². The van der Waals surface area contributed by atoms with Gasteiger partial charge in [0.2, 0.25) is 11.5 Å². The van der Waals surface area contributed by atoms with Crippen LogP contribution in [0.15, 0.2) is 12.1 Å². The van der Waals surface area contributed by atoms with Crippen molar-refractivity contribution in [3.05, 3.63) is 17.9 Å². The second kappa shape index (κ2) is 2.37. The molecular formula is C9H9FO2. The Morgan fingerprint density at radius 2 is 2.08 bits per heavy atom. The van der Waals surface area contributed by atoms with Crippen molar-refractivity contribution in [2.75, 3.05) is 0 Å². The van der Waals surface area contributed by atoms with Gasteiger partial charge >= 0.3 is 0 Å². The zero-order valence-electron chi connectivity index (χ0n) is 6.93. The Morgan fingerprint density at radius 3 is 2.75 bits per heavy atom. The predicted octanol–water partition coefficient (Wildman–Crippen LogP) is 2.72. The Hall–Kier alpha value is -1.25. The minimum absolute atomic E-state index is 0.0868. The number of fused-ring (bicyclic) bond motifs is 1. The molecule has 1 aliphatic heterocycles. The summed E-state index contributed by atoms with van der Waals surface area (Å²) in [6, 6.07) is 2.94. The third kappa shape index (κ3) is 1.11. The van der Waals surface area contributed by atoms with Crippen LogP contribution in [-0.4, -0.2) is 6.10 Å². The predicted molar refractivity (Wildman–Crippen MR) is 42.2 cm³/mol. The van der Waals surface area contributed by atoms with Crippen LogP contribution in [0, 0.1) is 5.82 Å². The Balaban J connectivity index is 2.26. The van der Waals surface area contributed by atoms with E-state index in [1.165, 1.54) is 6.07 Å². The maximum Gasteiger partial charge on any atom is 0.215 e. The molecule has 3 heteroatoms. The number of hydrogen-bond donors (Lipinski definition) is 0. The molecule has 1 aromatic carbocycles. The second-order valence-corrected chi connectivity index (χ2v) is 2.97. The first-order chi connectivity index (χ1) is 5.68. The van der Waals surface area contributed by atoms with Gasteiger partial charge in [0.25, 0.3) is 0 Å². The number of benzene rings is 1. The summed E-state index contributed by atoms with van der Waals surface area (Å²) in [4.78, 5) is 0. The van der Waals surface area contributed by atoms with Crippen LogP contribution in [0.4, 0.5) is 4.39 Å². The molecule has 1 heterocycles. The largest absolute Gasteiger partial charge is 0.487 e. The van der Waals surface area contributed by atoms with E-state index in [0.29, 0.717) is 17.2 Å². The smallest absolute Gasteiger partial charge is 0.215 e. The summed E-state index contributed by atoms with van der Waals surface area (Å²) in [5.41, 5.74) is 0. The first-order valence-electron chi connectivity index (χ1n) is 3.85. The van der Waals surface area contributed by atoms with E-state index in [9.17, 15) is 4.39 Å². The Morgan fingerprint density at radius 1 is 1.33 bits per heavy atom. The van der Waals surface area contributed by atoms with Gasteiger partial charge in [0.15, 0.2) is 11.6 Å². The maximum absolute atomic E-state index is 12.7. The van der Waals surface area contributed by atoms with Crippen LogP contribution in [0.1, 0.15) is 13.8 Å². The molecule has 0 atom stereocenters. The van der Waals surface area contributed by atoms with Gasteiger partial charge in [-0.3, -0.25) is 0 Å². The van der Waals surface area contributed by atoms with Crippen molar-refractivity contribution in [1.82, 2.24) is 0 Å². The lowest BCUT2D eigenvalue weighted by Gasteiger charge is -2.06. The van der Waals surface area contributed by atoms with Crippen molar-refractivity contribution < 1.29 is 13.9 Å². The van der Waals surface area contributed by atoms with Crippen LogP contribution in [0.2, 0.25) is 0 Å². The highest BCUT2D eigenvalue weighted by Gasteiger charge is 2.30. The number of rotatable bonds is 2. The number of halogens is 1. The van der Waals surface area contributed by atoms with Gasteiger partial charge in [-0.15, -0.1) is 0 Å². The van der Waals surface area contributed by atoms with E-state index in [1.807, 2.05) is 13.8 Å². The molecule has 2 nitrogen and oxygen atoms in total. The molecule has 0 spiro atoms. The van der Waals surface area contributed by atoms with E-state index in [1.54, 1.807) is 6.07 Å². The Bertz CT molecular complexity index is 321. The molecule has 0 unspecified atom stereocenters. The molecular weight excluding hydrogens is 159 g/mol. The molecule has 12 heavy (non-hydrogen) atoms. The summed E-state index contributed by atoms with van der Waals surface area (Å²) in [7, 11) is 0. The van der Waals surface area contributed by atoms with Gasteiger partial charge in [0, 0.05) is 0 Å². The minimum Gasteiger partial charge on any atom is -0.487 e. The molecule has 0 N–H and O–H groups in total. The molecule has 0 bridgehead atoms.